The van der Waals surface area contributed by atoms with Crippen LogP contribution < -0.4 is 0 Å². The molecule has 5 fully saturated rings. The molecule has 6 nitrogen and oxygen atoms in total. The van der Waals surface area contributed by atoms with Gasteiger partial charge in [-0.2, -0.15) is 0 Å². The Morgan fingerprint density at radius 1 is 1.00 bits per heavy atom. The molecule has 1 saturated heterocycles. The van der Waals surface area contributed by atoms with Gasteiger partial charge in [-0.05, 0) is 76.5 Å². The van der Waals surface area contributed by atoms with E-state index in [4.69, 9.17) is 9.47 Å². The van der Waals surface area contributed by atoms with Gasteiger partial charge in [-0.25, -0.2) is 9.59 Å². The van der Waals surface area contributed by atoms with Crippen molar-refractivity contribution in [3.05, 3.63) is 0 Å². The highest BCUT2D eigenvalue weighted by Gasteiger charge is 2.50. The summed E-state index contributed by atoms with van der Waals surface area (Å²) < 4.78 is 11.4. The molecule has 4 saturated carbocycles. The number of hydrogen-bond donors (Lipinski definition) is 0. The number of carbonyl (C=O) groups is 2. The van der Waals surface area contributed by atoms with Crippen molar-refractivity contribution in [3.8, 4) is 0 Å². The lowest BCUT2D eigenvalue weighted by atomic mass is 9.55. The molecule has 4 bridgehead atoms. The van der Waals surface area contributed by atoms with Crippen molar-refractivity contribution >= 4 is 12.2 Å². The monoisotopic (exact) mass is 378 g/mol. The van der Waals surface area contributed by atoms with Crippen molar-refractivity contribution in [1.82, 2.24) is 9.80 Å². The first-order valence-corrected chi connectivity index (χ1v) is 10.6. The summed E-state index contributed by atoms with van der Waals surface area (Å²) in [5.41, 5.74) is -0.487. The first-order valence-electron chi connectivity index (χ1n) is 10.6. The number of nitrogens with zero attached hydrogens (tertiary/aromatic N) is 2. The maximum Gasteiger partial charge on any atom is 0.410 e. The van der Waals surface area contributed by atoms with Gasteiger partial charge in [0, 0.05) is 32.6 Å². The van der Waals surface area contributed by atoms with E-state index in [1.807, 2.05) is 20.8 Å². The Kier molecular flexibility index (Phi) is 4.79. The van der Waals surface area contributed by atoms with Gasteiger partial charge in [-0.3, -0.25) is 0 Å². The largest absolute Gasteiger partial charge is 0.446 e. The van der Waals surface area contributed by atoms with Gasteiger partial charge in [0.2, 0.25) is 0 Å². The second kappa shape index (κ2) is 6.85. The molecule has 27 heavy (non-hydrogen) atoms. The molecule has 0 radical (unpaired) electrons. The predicted octanol–water partition coefficient (Wildman–Crippen LogP) is 3.75. The van der Waals surface area contributed by atoms with E-state index in [0.29, 0.717) is 37.4 Å². The van der Waals surface area contributed by atoms with Crippen LogP contribution in [0, 0.1) is 29.6 Å². The molecule has 2 amide bonds. The lowest BCUT2D eigenvalue weighted by molar-refractivity contribution is -0.107. The van der Waals surface area contributed by atoms with Crippen LogP contribution in [0.1, 0.15) is 52.9 Å². The smallest absolute Gasteiger partial charge is 0.410 e. The van der Waals surface area contributed by atoms with E-state index in [-0.39, 0.29) is 18.3 Å². The van der Waals surface area contributed by atoms with Crippen LogP contribution in [0.4, 0.5) is 9.59 Å². The zero-order chi connectivity index (χ0) is 19.3. The van der Waals surface area contributed by atoms with Crippen LogP contribution in [0.15, 0.2) is 0 Å². The van der Waals surface area contributed by atoms with Crippen LogP contribution in [0.3, 0.4) is 0 Å². The normalized spacial score (nSPS) is 35.0. The Bertz CT molecular complexity index is 565. The third kappa shape index (κ3) is 4.04. The molecule has 0 aromatic rings. The van der Waals surface area contributed by atoms with Crippen molar-refractivity contribution in [1.29, 1.82) is 0 Å². The summed E-state index contributed by atoms with van der Waals surface area (Å²) in [5.74, 6) is 3.27. The molecule has 1 heterocycles. The minimum atomic E-state index is -0.487. The van der Waals surface area contributed by atoms with Crippen molar-refractivity contribution in [3.63, 3.8) is 0 Å². The Labute approximate surface area is 162 Å². The highest BCUT2D eigenvalue weighted by molar-refractivity contribution is 5.69. The quantitative estimate of drug-likeness (QED) is 0.750. The first kappa shape index (κ1) is 18.9. The summed E-state index contributed by atoms with van der Waals surface area (Å²) in [6, 6.07) is 0. The van der Waals surface area contributed by atoms with E-state index < -0.39 is 5.60 Å². The number of ether oxygens (including phenoxy) is 2. The van der Waals surface area contributed by atoms with E-state index in [2.05, 4.69) is 0 Å². The van der Waals surface area contributed by atoms with Gasteiger partial charge in [-0.15, -0.1) is 0 Å². The molecule has 6 heteroatoms. The summed E-state index contributed by atoms with van der Waals surface area (Å²) in [5, 5.41) is 0. The molecule has 0 aromatic heterocycles. The minimum absolute atomic E-state index is 0.147. The van der Waals surface area contributed by atoms with Crippen LogP contribution in [-0.4, -0.2) is 60.4 Å². The molecular weight excluding hydrogens is 344 g/mol. The molecular formula is C21H34N2O4. The Morgan fingerprint density at radius 2 is 1.56 bits per heavy atom. The molecule has 0 atom stereocenters. The van der Waals surface area contributed by atoms with Gasteiger partial charge in [0.05, 0.1) is 0 Å². The van der Waals surface area contributed by atoms with Gasteiger partial charge in [0.1, 0.15) is 11.7 Å². The predicted molar refractivity (Wildman–Crippen MR) is 101 cm³/mol. The first-order chi connectivity index (χ1) is 12.7. The third-order valence-electron chi connectivity index (χ3n) is 6.83. The van der Waals surface area contributed by atoms with E-state index in [1.54, 1.807) is 16.8 Å². The number of carbonyl (C=O) groups excluding carboxylic acids is 2. The van der Waals surface area contributed by atoms with Crippen LogP contribution in [0.5, 0.6) is 0 Å². The maximum absolute atomic E-state index is 12.6. The molecule has 4 aliphatic carbocycles. The molecule has 152 valence electrons. The van der Waals surface area contributed by atoms with Gasteiger partial charge < -0.3 is 19.3 Å². The summed E-state index contributed by atoms with van der Waals surface area (Å²) in [6.45, 7) is 7.53. The second-order valence-electron chi connectivity index (χ2n) is 10.4. The Morgan fingerprint density at radius 3 is 2.07 bits per heavy atom. The van der Waals surface area contributed by atoms with Crippen LogP contribution in [-0.2, 0) is 9.47 Å². The third-order valence-corrected chi connectivity index (χ3v) is 6.83. The summed E-state index contributed by atoms with van der Waals surface area (Å²) in [6.07, 6.45) is 6.13. The fourth-order valence-electron chi connectivity index (χ4n) is 5.89. The lowest BCUT2D eigenvalue weighted by Gasteiger charge is -2.54. The Balaban J connectivity index is 1.21. The van der Waals surface area contributed by atoms with Crippen molar-refractivity contribution in [2.75, 3.05) is 26.7 Å². The lowest BCUT2D eigenvalue weighted by Crippen LogP contribution is -2.57. The molecule has 0 N–H and O–H groups in total. The van der Waals surface area contributed by atoms with E-state index in [9.17, 15) is 9.59 Å². The summed E-state index contributed by atoms with van der Waals surface area (Å²) >= 11 is 0. The number of amides is 2. The molecule has 5 aliphatic rings. The average molecular weight is 379 g/mol. The fraction of sp³-hybridized carbons (Fsp3) is 0.905. The van der Waals surface area contributed by atoms with E-state index >= 15 is 0 Å². The summed E-state index contributed by atoms with van der Waals surface area (Å²) in [7, 11) is 1.75. The van der Waals surface area contributed by atoms with Crippen LogP contribution in [0.2, 0.25) is 0 Å². The zero-order valence-electron chi connectivity index (χ0n) is 17.1. The van der Waals surface area contributed by atoms with Gasteiger partial charge in [-0.1, -0.05) is 0 Å². The van der Waals surface area contributed by atoms with Gasteiger partial charge in [0.25, 0.3) is 0 Å². The highest BCUT2D eigenvalue weighted by atomic mass is 16.6. The zero-order valence-corrected chi connectivity index (χ0v) is 17.1. The number of rotatable bonds is 3. The van der Waals surface area contributed by atoms with Crippen molar-refractivity contribution in [2.24, 2.45) is 29.6 Å². The second-order valence-corrected chi connectivity index (χ2v) is 10.4. The molecule has 0 unspecified atom stereocenters. The summed E-state index contributed by atoms with van der Waals surface area (Å²) in [4.78, 5) is 28.0. The molecule has 0 spiro atoms. The van der Waals surface area contributed by atoms with Crippen LogP contribution >= 0.6 is 0 Å². The number of hydrogen-bond acceptors (Lipinski definition) is 4. The van der Waals surface area contributed by atoms with Crippen LogP contribution in [0.25, 0.3) is 0 Å². The van der Waals surface area contributed by atoms with E-state index in [0.717, 1.165) is 11.8 Å². The highest BCUT2D eigenvalue weighted by Crippen LogP contribution is 2.54. The SMILES string of the molecule is CN(CC1CN(C(=O)OC2C3CC4CC(C3)CC2C4)C1)C(=O)OC(C)(C)C. The van der Waals surface area contributed by atoms with Gasteiger partial charge in [0.15, 0.2) is 0 Å². The maximum atomic E-state index is 12.6. The minimum Gasteiger partial charge on any atom is -0.446 e. The van der Waals surface area contributed by atoms with Crippen molar-refractivity contribution < 1.29 is 19.1 Å². The molecule has 0 aromatic carbocycles. The molecule has 1 aliphatic heterocycles. The van der Waals surface area contributed by atoms with Crippen molar-refractivity contribution in [2.45, 2.75) is 64.6 Å². The average Bonchev–Trinajstić information content (AvgIpc) is 2.51. The molecule has 5 rings (SSSR count). The number of likely N-dealkylation sites (tertiary alicyclic amines) is 1. The Hall–Kier alpha value is -1.46. The fourth-order valence-corrected chi connectivity index (χ4v) is 5.89. The van der Waals surface area contributed by atoms with E-state index in [1.165, 1.54) is 32.1 Å². The standard InChI is InChI=1S/C21H34N2O4/c1-21(2,3)27-19(24)22(4)10-15-11-23(12-15)20(25)26-18-16-6-13-5-14(8-16)9-17(18)7-13/h13-18H,5-12H2,1-4H3. The van der Waals surface area contributed by atoms with Gasteiger partial charge >= 0.3 is 12.2 Å². The topological polar surface area (TPSA) is 59.1 Å².